The van der Waals surface area contributed by atoms with Crippen LogP contribution in [0.3, 0.4) is 0 Å². The number of hydrogen-bond donors (Lipinski definition) is 0. The smallest absolute Gasteiger partial charge is 0.426 e. The highest BCUT2D eigenvalue weighted by molar-refractivity contribution is 7.99. The molecule has 0 atom stereocenters. The maximum atomic E-state index is 12.8. The van der Waals surface area contributed by atoms with Gasteiger partial charge < -0.3 is 18.6 Å². The summed E-state index contributed by atoms with van der Waals surface area (Å²) in [5, 5.41) is 4.13. The lowest BCUT2D eigenvalue weighted by molar-refractivity contribution is 0.0397. The summed E-state index contributed by atoms with van der Waals surface area (Å²) in [6, 6.07) is 10.8. The Bertz CT molecular complexity index is 1480. The number of carbonyl (C=O) groups excluding carboxylic acids is 1. The van der Waals surface area contributed by atoms with Crippen LogP contribution in [0.1, 0.15) is 76.4 Å². The van der Waals surface area contributed by atoms with Gasteiger partial charge in [-0.05, 0) is 62.1 Å². The number of halogens is 4. The van der Waals surface area contributed by atoms with Crippen molar-refractivity contribution in [3.8, 4) is 0 Å². The zero-order valence-corrected chi connectivity index (χ0v) is 29.9. The number of nitrogens with zero attached hydrogens (tertiary/aromatic N) is 4. The summed E-state index contributed by atoms with van der Waals surface area (Å²) in [5.74, 6) is 1.53. The van der Waals surface area contributed by atoms with E-state index in [1.807, 2.05) is 47.2 Å². The van der Waals surface area contributed by atoms with Crippen LogP contribution in [0.25, 0.3) is 0 Å². The molecule has 7 nitrogen and oxygen atoms in total. The van der Waals surface area contributed by atoms with Gasteiger partial charge in [0, 0.05) is 43.0 Å². The highest BCUT2D eigenvalue weighted by Gasteiger charge is 2.23. The second-order valence-electron chi connectivity index (χ2n) is 10.5. The van der Waals surface area contributed by atoms with Gasteiger partial charge in [-0.25, -0.2) is 14.8 Å². The highest BCUT2D eigenvalue weighted by atomic mass is 35.5. The van der Waals surface area contributed by atoms with E-state index in [0.717, 1.165) is 31.2 Å². The van der Waals surface area contributed by atoms with Crippen LogP contribution < -0.4 is 0 Å². The van der Waals surface area contributed by atoms with Crippen molar-refractivity contribution in [2.24, 2.45) is 0 Å². The topological polar surface area (TPSA) is 71.2 Å². The van der Waals surface area contributed by atoms with Crippen molar-refractivity contribution in [3.05, 3.63) is 79.5 Å². The van der Waals surface area contributed by atoms with Crippen LogP contribution in [0.4, 0.5) is 4.79 Å². The van der Waals surface area contributed by atoms with Crippen molar-refractivity contribution in [2.45, 2.75) is 99.5 Å². The molecule has 2 aromatic carbocycles. The van der Waals surface area contributed by atoms with Crippen LogP contribution in [0.15, 0.2) is 56.2 Å². The molecule has 0 unspecified atom stereocenters. The Morgan fingerprint density at radius 1 is 0.682 bits per heavy atom. The van der Waals surface area contributed by atoms with Gasteiger partial charge in [0.05, 0.1) is 11.4 Å². The molecule has 0 bridgehead atoms. The second-order valence-corrected chi connectivity index (χ2v) is 14.3. The molecular weight excluding hydrogens is 682 g/mol. The average molecular weight is 717 g/mol. The molecule has 236 valence electrons. The summed E-state index contributed by atoms with van der Waals surface area (Å²) in [5.41, 5.74) is 1.80. The fraction of sp³-hybridized carbons (Fsp3) is 0.387. The number of imidazole rings is 2. The third-order valence-corrected chi connectivity index (χ3v) is 9.58. The van der Waals surface area contributed by atoms with Crippen molar-refractivity contribution in [2.75, 3.05) is 0 Å². The van der Waals surface area contributed by atoms with Crippen LogP contribution >= 0.6 is 69.9 Å². The molecule has 13 heteroatoms. The van der Waals surface area contributed by atoms with Crippen LogP contribution in [-0.2, 0) is 35.8 Å². The Balaban J connectivity index is 1.49. The Morgan fingerprint density at radius 2 is 1.02 bits per heavy atom. The van der Waals surface area contributed by atoms with Gasteiger partial charge in [-0.15, -0.1) is 0 Å². The van der Waals surface area contributed by atoms with Gasteiger partial charge in [-0.1, -0.05) is 97.6 Å². The first-order valence-corrected chi connectivity index (χ1v) is 17.3. The van der Waals surface area contributed by atoms with E-state index in [2.05, 4.69) is 27.7 Å². The minimum Gasteiger partial charge on any atom is -0.426 e. The van der Waals surface area contributed by atoms with Crippen molar-refractivity contribution < 1.29 is 14.3 Å². The molecule has 2 heterocycles. The molecule has 4 rings (SSSR count). The van der Waals surface area contributed by atoms with E-state index in [4.69, 9.17) is 65.8 Å². The Morgan fingerprint density at radius 3 is 1.32 bits per heavy atom. The van der Waals surface area contributed by atoms with Gasteiger partial charge in [0.1, 0.15) is 21.7 Å². The molecule has 0 saturated heterocycles. The standard InChI is InChI=1S/C31H34Cl4N4O3S2/c1-7-38-25(36-27(17(3)4)29(38)43-23-11-19(32)9-20(33)12-23)15-41-31(40)42-16-26-37-28(18(5)6)30(39(26)8-2)44-24-13-21(34)10-22(35)14-24/h9-14,17-18H,7-8,15-16H2,1-6H3. The van der Waals surface area contributed by atoms with Crippen molar-refractivity contribution in [1.82, 2.24) is 19.1 Å². The second kappa shape index (κ2) is 15.5. The lowest BCUT2D eigenvalue weighted by Crippen LogP contribution is -2.13. The summed E-state index contributed by atoms with van der Waals surface area (Å²) >= 11 is 28.0. The van der Waals surface area contributed by atoms with E-state index >= 15 is 0 Å². The quantitative estimate of drug-likeness (QED) is 0.135. The average Bonchev–Trinajstić information content (AvgIpc) is 3.46. The molecule has 0 saturated carbocycles. The molecule has 0 amide bonds. The Labute approximate surface area is 286 Å². The molecule has 0 aliphatic carbocycles. The summed E-state index contributed by atoms with van der Waals surface area (Å²) in [6.45, 7) is 13.5. The molecule has 2 aromatic heterocycles. The monoisotopic (exact) mass is 714 g/mol. The maximum Gasteiger partial charge on any atom is 0.509 e. The minimum absolute atomic E-state index is 0.0423. The van der Waals surface area contributed by atoms with Gasteiger partial charge in [0.2, 0.25) is 0 Å². The number of hydrogen-bond acceptors (Lipinski definition) is 7. The molecule has 0 fully saturated rings. The first kappa shape index (κ1) is 34.9. The molecule has 4 aromatic rings. The van der Waals surface area contributed by atoms with Gasteiger partial charge >= 0.3 is 6.16 Å². The lowest BCUT2D eigenvalue weighted by Gasteiger charge is -2.13. The first-order valence-electron chi connectivity index (χ1n) is 14.2. The van der Waals surface area contributed by atoms with E-state index in [1.54, 1.807) is 12.1 Å². The molecule has 0 aliphatic rings. The summed E-state index contributed by atoms with van der Waals surface area (Å²) in [7, 11) is 0. The van der Waals surface area contributed by atoms with E-state index in [-0.39, 0.29) is 25.0 Å². The lowest BCUT2D eigenvalue weighted by atomic mass is 10.1. The Kier molecular flexibility index (Phi) is 12.3. The predicted octanol–water partition coefficient (Wildman–Crippen LogP) is 11.1. The van der Waals surface area contributed by atoms with E-state index in [9.17, 15) is 4.79 Å². The van der Waals surface area contributed by atoms with E-state index < -0.39 is 6.16 Å². The van der Waals surface area contributed by atoms with Crippen LogP contribution in [-0.4, -0.2) is 25.3 Å². The molecule has 0 N–H and O–H groups in total. The van der Waals surface area contributed by atoms with Crippen LogP contribution in [0.2, 0.25) is 20.1 Å². The molecule has 0 aliphatic heterocycles. The number of ether oxygens (including phenoxy) is 2. The van der Waals surface area contributed by atoms with Gasteiger partial charge in [-0.2, -0.15) is 0 Å². The van der Waals surface area contributed by atoms with E-state index in [0.29, 0.717) is 44.8 Å². The molecular formula is C31H34Cl4N4O3S2. The number of carbonyl (C=O) groups is 1. The third-order valence-electron chi connectivity index (χ3n) is 6.52. The minimum atomic E-state index is -0.801. The zero-order chi connectivity index (χ0) is 32.1. The van der Waals surface area contributed by atoms with Crippen LogP contribution in [0, 0.1) is 0 Å². The molecule has 0 radical (unpaired) electrons. The van der Waals surface area contributed by atoms with Crippen molar-refractivity contribution in [3.63, 3.8) is 0 Å². The zero-order valence-electron chi connectivity index (χ0n) is 25.3. The van der Waals surface area contributed by atoms with Crippen LogP contribution in [0.5, 0.6) is 0 Å². The van der Waals surface area contributed by atoms with Gasteiger partial charge in [-0.3, -0.25) is 0 Å². The first-order chi connectivity index (χ1) is 20.9. The number of rotatable bonds is 12. The molecule has 44 heavy (non-hydrogen) atoms. The van der Waals surface area contributed by atoms with Crippen molar-refractivity contribution in [1.29, 1.82) is 0 Å². The largest absolute Gasteiger partial charge is 0.509 e. The van der Waals surface area contributed by atoms with E-state index in [1.165, 1.54) is 23.5 Å². The summed E-state index contributed by atoms with van der Waals surface area (Å²) < 4.78 is 15.2. The molecule has 0 spiro atoms. The maximum absolute atomic E-state index is 12.8. The number of aromatic nitrogens is 4. The number of benzene rings is 2. The summed E-state index contributed by atoms with van der Waals surface area (Å²) in [4.78, 5) is 24.2. The predicted molar refractivity (Wildman–Crippen MR) is 180 cm³/mol. The fourth-order valence-electron chi connectivity index (χ4n) is 4.53. The highest BCUT2D eigenvalue weighted by Crippen LogP contribution is 2.39. The van der Waals surface area contributed by atoms with Gasteiger partial charge in [0.15, 0.2) is 13.2 Å². The van der Waals surface area contributed by atoms with Gasteiger partial charge in [0.25, 0.3) is 0 Å². The summed E-state index contributed by atoms with van der Waals surface area (Å²) in [6.07, 6.45) is -0.801. The normalized spacial score (nSPS) is 11.5. The fourth-order valence-corrected chi connectivity index (χ4v) is 8.49. The Hall–Kier alpha value is -2.01. The van der Waals surface area contributed by atoms with Crippen molar-refractivity contribution >= 4 is 76.1 Å². The third kappa shape index (κ3) is 8.62. The SMILES string of the molecule is CCn1c(COC(=O)OCc2nc(C(C)C)c(Sc3cc(Cl)cc(Cl)c3)n2CC)nc(C(C)C)c1Sc1cc(Cl)cc(Cl)c1.